The second-order valence-electron chi connectivity index (χ2n) is 7.24. The molecule has 0 spiro atoms. The molecule has 1 aromatic carbocycles. The number of rotatable bonds is 8. The van der Waals surface area contributed by atoms with Gasteiger partial charge in [-0.25, -0.2) is 4.98 Å². The number of benzene rings is 1. The van der Waals surface area contributed by atoms with Crippen molar-refractivity contribution in [1.82, 2.24) is 10.3 Å². The van der Waals surface area contributed by atoms with E-state index in [1.807, 2.05) is 24.3 Å². The fourth-order valence-corrected chi connectivity index (χ4v) is 4.61. The molecule has 1 N–H and O–H groups in total. The maximum atomic E-state index is 13.1. The average molecular weight is 373 g/mol. The minimum absolute atomic E-state index is 0.0357. The smallest absolute Gasteiger partial charge is 0.223 e. The Morgan fingerprint density at radius 3 is 2.69 bits per heavy atom. The van der Waals surface area contributed by atoms with Crippen molar-refractivity contribution in [3.05, 3.63) is 29.3 Å². The monoisotopic (exact) mass is 372 g/mol. The molecule has 4 nitrogen and oxygen atoms in total. The number of hydrogen-bond acceptors (Lipinski definition) is 4. The number of nitrogens with zero attached hydrogens (tertiary/aromatic N) is 1. The van der Waals surface area contributed by atoms with Gasteiger partial charge in [-0.3, -0.25) is 9.59 Å². The van der Waals surface area contributed by atoms with Crippen molar-refractivity contribution in [2.75, 3.05) is 0 Å². The molecule has 0 bridgehead atoms. The van der Waals surface area contributed by atoms with E-state index in [0.717, 1.165) is 55.2 Å². The van der Waals surface area contributed by atoms with Crippen molar-refractivity contribution in [1.29, 1.82) is 0 Å². The van der Waals surface area contributed by atoms with Crippen LogP contribution >= 0.6 is 11.3 Å². The van der Waals surface area contributed by atoms with E-state index in [1.165, 1.54) is 17.8 Å². The lowest BCUT2D eigenvalue weighted by Crippen LogP contribution is -2.44. The molecule has 1 saturated carbocycles. The second kappa shape index (κ2) is 9.26. The van der Waals surface area contributed by atoms with Gasteiger partial charge in [-0.15, -0.1) is 11.3 Å². The predicted molar refractivity (Wildman–Crippen MR) is 107 cm³/mol. The number of para-hydroxylation sites is 1. The number of carbonyl (C=O) groups is 2. The number of fused-ring (bicyclic) bond motifs is 1. The van der Waals surface area contributed by atoms with Gasteiger partial charge in [-0.1, -0.05) is 57.6 Å². The lowest BCUT2D eigenvalue weighted by atomic mass is 9.88. The molecule has 0 aliphatic heterocycles. The average Bonchev–Trinajstić information content (AvgIpc) is 3.11. The van der Waals surface area contributed by atoms with E-state index in [2.05, 4.69) is 17.2 Å². The van der Waals surface area contributed by atoms with Gasteiger partial charge in [0.2, 0.25) is 11.7 Å². The highest BCUT2D eigenvalue weighted by atomic mass is 32.1. The summed E-state index contributed by atoms with van der Waals surface area (Å²) in [4.78, 5) is 30.2. The summed E-state index contributed by atoms with van der Waals surface area (Å²) in [5.74, 6) is 0.0905. The van der Waals surface area contributed by atoms with E-state index >= 15 is 0 Å². The van der Waals surface area contributed by atoms with Gasteiger partial charge in [-0.05, 0) is 31.4 Å². The Bertz CT molecular complexity index is 716. The molecule has 0 saturated heterocycles. The van der Waals surface area contributed by atoms with E-state index < -0.39 is 6.04 Å². The Morgan fingerprint density at radius 1 is 1.19 bits per heavy atom. The Balaban J connectivity index is 1.73. The quantitative estimate of drug-likeness (QED) is 0.516. The van der Waals surface area contributed by atoms with Gasteiger partial charge in [0.05, 0.1) is 16.3 Å². The lowest BCUT2D eigenvalue weighted by Gasteiger charge is -2.24. The van der Waals surface area contributed by atoms with Crippen LogP contribution in [0.25, 0.3) is 10.2 Å². The zero-order valence-corrected chi connectivity index (χ0v) is 16.3. The molecule has 2 aromatic rings. The van der Waals surface area contributed by atoms with Crippen LogP contribution in [0.4, 0.5) is 0 Å². The maximum absolute atomic E-state index is 13.1. The van der Waals surface area contributed by atoms with Gasteiger partial charge in [0.25, 0.3) is 0 Å². The molecule has 140 valence electrons. The summed E-state index contributed by atoms with van der Waals surface area (Å²) >= 11 is 1.42. The summed E-state index contributed by atoms with van der Waals surface area (Å²) in [6.07, 6.45) is 9.15. The van der Waals surface area contributed by atoms with Crippen LogP contribution < -0.4 is 5.32 Å². The van der Waals surface area contributed by atoms with Gasteiger partial charge in [0.15, 0.2) is 5.01 Å². The van der Waals surface area contributed by atoms with Crippen LogP contribution in [0.1, 0.15) is 74.5 Å². The van der Waals surface area contributed by atoms with Crippen LogP contribution in [0.5, 0.6) is 0 Å². The molecule has 5 heteroatoms. The standard InChI is InChI=1S/C21H28N2O2S/c1-2-3-5-13-17(22-20(25)15-10-6-4-7-11-15)19(24)21-23-16-12-8-9-14-18(16)26-21/h8-9,12,14-15,17H,2-7,10-11,13H2,1H3,(H,22,25)/t17-/m0/s1. The van der Waals surface area contributed by atoms with Gasteiger partial charge in [-0.2, -0.15) is 0 Å². The Morgan fingerprint density at radius 2 is 1.96 bits per heavy atom. The molecule has 26 heavy (non-hydrogen) atoms. The summed E-state index contributed by atoms with van der Waals surface area (Å²) in [6.45, 7) is 2.14. The van der Waals surface area contributed by atoms with E-state index in [-0.39, 0.29) is 17.6 Å². The SMILES string of the molecule is CCCCC[C@H](NC(=O)C1CCCCC1)C(=O)c1nc2ccccc2s1. The zero-order chi connectivity index (χ0) is 18.4. The van der Waals surface area contributed by atoms with E-state index in [1.54, 1.807) is 0 Å². The number of ketones is 1. The van der Waals surface area contributed by atoms with Gasteiger partial charge in [0, 0.05) is 5.92 Å². The van der Waals surface area contributed by atoms with Crippen molar-refractivity contribution >= 4 is 33.2 Å². The van der Waals surface area contributed by atoms with Gasteiger partial charge >= 0.3 is 0 Å². The first kappa shape index (κ1) is 19.0. The number of aromatic nitrogens is 1. The van der Waals surface area contributed by atoms with Crippen LogP contribution in [-0.2, 0) is 4.79 Å². The highest BCUT2D eigenvalue weighted by molar-refractivity contribution is 7.20. The summed E-state index contributed by atoms with van der Waals surface area (Å²) in [5.41, 5.74) is 0.853. The van der Waals surface area contributed by atoms with Crippen molar-refractivity contribution in [2.45, 2.75) is 70.8 Å². The third-order valence-electron chi connectivity index (χ3n) is 5.21. The second-order valence-corrected chi connectivity index (χ2v) is 8.27. The molecular weight excluding hydrogens is 344 g/mol. The largest absolute Gasteiger partial charge is 0.346 e. The summed E-state index contributed by atoms with van der Waals surface area (Å²) < 4.78 is 1.02. The zero-order valence-electron chi connectivity index (χ0n) is 15.5. The molecule has 3 rings (SSSR count). The van der Waals surface area contributed by atoms with Gasteiger partial charge in [0.1, 0.15) is 0 Å². The minimum atomic E-state index is -0.448. The number of hydrogen-bond donors (Lipinski definition) is 1. The number of amides is 1. The third-order valence-corrected chi connectivity index (χ3v) is 6.26. The van der Waals surface area contributed by atoms with Crippen LogP contribution in [0.15, 0.2) is 24.3 Å². The van der Waals surface area contributed by atoms with Crippen LogP contribution in [0.3, 0.4) is 0 Å². The molecule has 0 radical (unpaired) electrons. The molecule has 1 heterocycles. The number of thiazole rings is 1. The maximum Gasteiger partial charge on any atom is 0.223 e. The molecular formula is C21H28N2O2S. The number of nitrogens with one attached hydrogen (secondary N) is 1. The topological polar surface area (TPSA) is 59.1 Å². The highest BCUT2D eigenvalue weighted by Gasteiger charge is 2.28. The highest BCUT2D eigenvalue weighted by Crippen LogP contribution is 2.26. The van der Waals surface area contributed by atoms with Crippen molar-refractivity contribution in [3.63, 3.8) is 0 Å². The van der Waals surface area contributed by atoms with Crippen LogP contribution in [0, 0.1) is 5.92 Å². The van der Waals surface area contributed by atoms with E-state index in [4.69, 9.17) is 0 Å². The Hall–Kier alpha value is -1.75. The molecule has 1 aromatic heterocycles. The fraction of sp³-hybridized carbons (Fsp3) is 0.571. The summed E-state index contributed by atoms with van der Waals surface area (Å²) in [6, 6.07) is 7.35. The summed E-state index contributed by atoms with van der Waals surface area (Å²) in [7, 11) is 0. The first-order valence-electron chi connectivity index (χ1n) is 9.89. The number of unbranched alkanes of at least 4 members (excludes halogenated alkanes) is 2. The molecule has 1 aliphatic rings. The normalized spacial score (nSPS) is 16.5. The molecule has 1 aliphatic carbocycles. The van der Waals surface area contributed by atoms with E-state index in [9.17, 15) is 9.59 Å². The molecule has 1 atom stereocenters. The Kier molecular flexibility index (Phi) is 6.78. The van der Waals surface area contributed by atoms with Crippen molar-refractivity contribution < 1.29 is 9.59 Å². The first-order chi connectivity index (χ1) is 12.7. The predicted octanol–water partition coefficient (Wildman–Crippen LogP) is 5.12. The van der Waals surface area contributed by atoms with E-state index in [0.29, 0.717) is 11.4 Å². The molecule has 1 fully saturated rings. The Labute approximate surface area is 159 Å². The van der Waals surface area contributed by atoms with Gasteiger partial charge < -0.3 is 5.32 Å². The molecule has 0 unspecified atom stereocenters. The first-order valence-corrected chi connectivity index (χ1v) is 10.7. The number of carbonyl (C=O) groups excluding carboxylic acids is 2. The fourth-order valence-electron chi connectivity index (χ4n) is 3.65. The minimum Gasteiger partial charge on any atom is -0.346 e. The lowest BCUT2D eigenvalue weighted by molar-refractivity contribution is -0.126. The third kappa shape index (κ3) is 4.70. The summed E-state index contributed by atoms with van der Waals surface area (Å²) in [5, 5.41) is 3.58. The number of Topliss-reactive ketones (excluding diaryl/α,β-unsaturated/α-hetero) is 1. The van der Waals surface area contributed by atoms with Crippen molar-refractivity contribution in [2.24, 2.45) is 5.92 Å². The molecule has 1 amide bonds. The van der Waals surface area contributed by atoms with Crippen molar-refractivity contribution in [3.8, 4) is 0 Å². The van der Waals surface area contributed by atoms with Crippen LogP contribution in [0.2, 0.25) is 0 Å². The van der Waals surface area contributed by atoms with Crippen LogP contribution in [-0.4, -0.2) is 22.7 Å².